The summed E-state index contributed by atoms with van der Waals surface area (Å²) in [5.41, 5.74) is 0.539. The third-order valence-electron chi connectivity index (χ3n) is 2.20. The third-order valence-corrected chi connectivity index (χ3v) is 2.20. The molecule has 0 unspecified atom stereocenters. The smallest absolute Gasteiger partial charge is 0.338 e. The van der Waals surface area contributed by atoms with Crippen LogP contribution in [0, 0.1) is 0 Å². The first-order valence-corrected chi connectivity index (χ1v) is 5.31. The molecule has 1 heterocycles. The van der Waals surface area contributed by atoms with Crippen molar-refractivity contribution in [3.8, 4) is 5.75 Å². The Morgan fingerprint density at radius 1 is 1.44 bits per heavy atom. The summed E-state index contributed by atoms with van der Waals surface area (Å²) in [6.45, 7) is 3.51. The molecule has 1 aromatic carbocycles. The Kier molecular flexibility index (Phi) is 3.41. The largest absolute Gasteiger partial charge is 0.491 e. The van der Waals surface area contributed by atoms with Crippen LogP contribution in [0.4, 0.5) is 0 Å². The number of rotatable bonds is 5. The lowest BCUT2D eigenvalue weighted by atomic mass is 10.2. The standard InChI is InChI=1S/C12H14O4/c1-2-14-12(13)9-3-5-10(6-4-9)15-7-11-8-16-11/h3-6,11H,2,7-8H2,1H3/t11-/m0/s1. The van der Waals surface area contributed by atoms with E-state index in [0.29, 0.717) is 18.8 Å². The molecule has 0 spiro atoms. The predicted octanol–water partition coefficient (Wildman–Crippen LogP) is 1.64. The van der Waals surface area contributed by atoms with E-state index in [-0.39, 0.29) is 12.1 Å². The molecule has 1 aliphatic rings. The summed E-state index contributed by atoms with van der Waals surface area (Å²) in [6.07, 6.45) is 0.240. The van der Waals surface area contributed by atoms with Crippen molar-refractivity contribution in [3.05, 3.63) is 29.8 Å². The lowest BCUT2D eigenvalue weighted by molar-refractivity contribution is 0.0526. The Morgan fingerprint density at radius 3 is 2.69 bits per heavy atom. The molecule has 1 fully saturated rings. The Bertz CT molecular complexity index is 354. The van der Waals surface area contributed by atoms with Gasteiger partial charge in [0.25, 0.3) is 0 Å². The zero-order valence-corrected chi connectivity index (χ0v) is 9.14. The lowest BCUT2D eigenvalue weighted by Gasteiger charge is -2.05. The van der Waals surface area contributed by atoms with Gasteiger partial charge >= 0.3 is 5.97 Å². The van der Waals surface area contributed by atoms with Crippen molar-refractivity contribution >= 4 is 5.97 Å². The fraction of sp³-hybridized carbons (Fsp3) is 0.417. The van der Waals surface area contributed by atoms with Gasteiger partial charge in [0.15, 0.2) is 0 Å². The summed E-state index contributed by atoms with van der Waals surface area (Å²) in [6, 6.07) is 6.91. The monoisotopic (exact) mass is 222 g/mol. The van der Waals surface area contributed by atoms with Gasteiger partial charge in [0.1, 0.15) is 18.5 Å². The molecule has 0 aliphatic carbocycles. The van der Waals surface area contributed by atoms with Gasteiger partial charge in [-0.1, -0.05) is 0 Å². The van der Waals surface area contributed by atoms with Crippen molar-refractivity contribution in [2.75, 3.05) is 19.8 Å². The van der Waals surface area contributed by atoms with Crippen LogP contribution in [-0.2, 0) is 9.47 Å². The van der Waals surface area contributed by atoms with Gasteiger partial charge in [-0.25, -0.2) is 4.79 Å². The van der Waals surface area contributed by atoms with Crippen molar-refractivity contribution in [2.45, 2.75) is 13.0 Å². The highest BCUT2D eigenvalue weighted by Gasteiger charge is 2.23. The molecule has 0 amide bonds. The minimum atomic E-state index is -0.306. The fourth-order valence-electron chi connectivity index (χ4n) is 1.26. The molecular formula is C12H14O4. The average Bonchev–Trinajstić information content (AvgIpc) is 3.11. The van der Waals surface area contributed by atoms with Crippen LogP contribution >= 0.6 is 0 Å². The maximum absolute atomic E-state index is 11.3. The van der Waals surface area contributed by atoms with Gasteiger partial charge in [-0.05, 0) is 31.2 Å². The minimum absolute atomic E-state index is 0.240. The molecule has 1 saturated heterocycles. The van der Waals surface area contributed by atoms with Crippen LogP contribution in [-0.4, -0.2) is 31.9 Å². The number of hydrogen-bond donors (Lipinski definition) is 0. The molecule has 0 bridgehead atoms. The summed E-state index contributed by atoms with van der Waals surface area (Å²) in [7, 11) is 0. The van der Waals surface area contributed by atoms with E-state index in [1.165, 1.54) is 0 Å². The molecule has 1 aromatic rings. The van der Waals surface area contributed by atoms with Gasteiger partial charge < -0.3 is 14.2 Å². The highest BCUT2D eigenvalue weighted by molar-refractivity contribution is 5.89. The summed E-state index contributed by atoms with van der Waals surface area (Å²) < 4.78 is 15.3. The Balaban J connectivity index is 1.89. The van der Waals surface area contributed by atoms with Gasteiger partial charge in [0, 0.05) is 0 Å². The van der Waals surface area contributed by atoms with Crippen LogP contribution in [0.5, 0.6) is 5.75 Å². The summed E-state index contributed by atoms with van der Waals surface area (Å²) in [5, 5.41) is 0. The number of hydrogen-bond acceptors (Lipinski definition) is 4. The van der Waals surface area contributed by atoms with E-state index in [4.69, 9.17) is 14.2 Å². The maximum atomic E-state index is 11.3. The number of carbonyl (C=O) groups excluding carboxylic acids is 1. The lowest BCUT2D eigenvalue weighted by Crippen LogP contribution is -2.06. The van der Waals surface area contributed by atoms with Gasteiger partial charge in [-0.2, -0.15) is 0 Å². The second kappa shape index (κ2) is 4.99. The van der Waals surface area contributed by atoms with E-state index >= 15 is 0 Å². The van der Waals surface area contributed by atoms with Crippen LogP contribution in [0.1, 0.15) is 17.3 Å². The Labute approximate surface area is 94.1 Å². The molecule has 4 heteroatoms. The van der Waals surface area contributed by atoms with Gasteiger partial charge in [-0.15, -0.1) is 0 Å². The number of epoxide rings is 1. The molecule has 1 atom stereocenters. The van der Waals surface area contributed by atoms with Crippen molar-refractivity contribution < 1.29 is 19.0 Å². The average molecular weight is 222 g/mol. The first-order valence-electron chi connectivity index (χ1n) is 5.31. The van der Waals surface area contributed by atoms with E-state index in [0.717, 1.165) is 12.4 Å². The van der Waals surface area contributed by atoms with E-state index in [1.807, 2.05) is 0 Å². The number of ether oxygens (including phenoxy) is 3. The SMILES string of the molecule is CCOC(=O)c1ccc(OC[C@H]2CO2)cc1. The van der Waals surface area contributed by atoms with Gasteiger partial charge in [0.2, 0.25) is 0 Å². The molecule has 0 aromatic heterocycles. The first-order chi connectivity index (χ1) is 7.79. The van der Waals surface area contributed by atoms with Crippen molar-refractivity contribution in [1.29, 1.82) is 0 Å². The van der Waals surface area contributed by atoms with Crippen molar-refractivity contribution in [1.82, 2.24) is 0 Å². The second-order valence-corrected chi connectivity index (χ2v) is 3.51. The molecule has 0 N–H and O–H groups in total. The van der Waals surface area contributed by atoms with Gasteiger partial charge in [0.05, 0.1) is 18.8 Å². The highest BCUT2D eigenvalue weighted by atomic mass is 16.6. The number of esters is 1. The van der Waals surface area contributed by atoms with Crippen LogP contribution in [0.15, 0.2) is 24.3 Å². The molecule has 1 aliphatic heterocycles. The zero-order chi connectivity index (χ0) is 11.4. The topological polar surface area (TPSA) is 48.1 Å². The van der Waals surface area contributed by atoms with Crippen LogP contribution < -0.4 is 4.74 Å². The van der Waals surface area contributed by atoms with Crippen LogP contribution in [0.25, 0.3) is 0 Å². The van der Waals surface area contributed by atoms with Crippen molar-refractivity contribution in [3.63, 3.8) is 0 Å². The predicted molar refractivity (Wildman–Crippen MR) is 57.6 cm³/mol. The fourth-order valence-corrected chi connectivity index (χ4v) is 1.26. The minimum Gasteiger partial charge on any atom is -0.491 e. The number of benzene rings is 1. The van der Waals surface area contributed by atoms with Gasteiger partial charge in [-0.3, -0.25) is 0 Å². The normalized spacial score (nSPS) is 17.9. The van der Waals surface area contributed by atoms with E-state index in [2.05, 4.69) is 0 Å². The Morgan fingerprint density at radius 2 is 2.12 bits per heavy atom. The molecule has 4 nitrogen and oxygen atoms in total. The van der Waals surface area contributed by atoms with E-state index in [1.54, 1.807) is 31.2 Å². The summed E-state index contributed by atoms with van der Waals surface area (Å²) in [5.74, 6) is 0.433. The highest BCUT2D eigenvalue weighted by Crippen LogP contribution is 2.16. The molecule has 0 radical (unpaired) electrons. The third kappa shape index (κ3) is 2.97. The Hall–Kier alpha value is -1.55. The molecular weight excluding hydrogens is 208 g/mol. The van der Waals surface area contributed by atoms with E-state index in [9.17, 15) is 4.79 Å². The summed E-state index contributed by atoms with van der Waals surface area (Å²) in [4.78, 5) is 11.3. The summed E-state index contributed by atoms with van der Waals surface area (Å²) >= 11 is 0. The van der Waals surface area contributed by atoms with Crippen LogP contribution in [0.3, 0.4) is 0 Å². The zero-order valence-electron chi connectivity index (χ0n) is 9.14. The second-order valence-electron chi connectivity index (χ2n) is 3.51. The number of carbonyl (C=O) groups is 1. The quantitative estimate of drug-likeness (QED) is 0.561. The molecule has 0 saturated carbocycles. The first kappa shape index (κ1) is 11.0. The maximum Gasteiger partial charge on any atom is 0.338 e. The van der Waals surface area contributed by atoms with Crippen molar-refractivity contribution in [2.24, 2.45) is 0 Å². The van der Waals surface area contributed by atoms with E-state index < -0.39 is 0 Å². The molecule has 2 rings (SSSR count). The molecule has 86 valence electrons. The van der Waals surface area contributed by atoms with Crippen LogP contribution in [0.2, 0.25) is 0 Å². The molecule has 16 heavy (non-hydrogen) atoms.